The van der Waals surface area contributed by atoms with Crippen LogP contribution < -0.4 is 21.1 Å². The quantitative estimate of drug-likeness (QED) is 0.151. The first kappa shape index (κ1) is 33.3. The third-order valence-electron chi connectivity index (χ3n) is 4.55. The number of hydrogen-bond donors (Lipinski definition) is 7. The SMILES string of the molecule is CC(=O)N[C@@H](CS)C(=O)O.COc1ccc2[nH]cc(CCNC(C)=O)c2c1.C[Se]CCC(N)C(=O)O. The zero-order valence-corrected chi connectivity index (χ0v) is 23.5. The summed E-state index contributed by atoms with van der Waals surface area (Å²) in [5.74, 6) is 0.711. The standard InChI is InChI=1S/C13H16N2O2.C5H9NO3S.C5H11NO2Se/c1-9(16)14-6-5-10-8-15-13-4-3-11(17-2)7-12(10)13;1-3(7)6-4(2-10)5(8)9;1-9-3-2-4(6)5(7)8/h3-4,7-8,15H,5-6H2,1-2H3,(H,14,16);4,10H,2H2,1H3,(H,6,7)(H,8,9);4H,2-3,6H2,1H3,(H,7,8)/t;4-;/m.0./s1. The van der Waals surface area contributed by atoms with Gasteiger partial charge in [0.25, 0.3) is 0 Å². The third kappa shape index (κ3) is 14.0. The van der Waals surface area contributed by atoms with Gasteiger partial charge in [-0.1, -0.05) is 0 Å². The van der Waals surface area contributed by atoms with E-state index in [2.05, 4.69) is 34.1 Å². The number of amides is 2. The van der Waals surface area contributed by atoms with Gasteiger partial charge < -0.3 is 25.5 Å². The molecule has 0 spiro atoms. The number of methoxy groups -OCH3 is 1. The van der Waals surface area contributed by atoms with Gasteiger partial charge in [0.2, 0.25) is 11.8 Å². The van der Waals surface area contributed by atoms with E-state index >= 15 is 0 Å². The number of nitrogens with one attached hydrogen (secondary N) is 3. The number of fused-ring (bicyclic) bond motifs is 1. The predicted octanol–water partition coefficient (Wildman–Crippen LogP) is 1.32. The predicted molar refractivity (Wildman–Crippen MR) is 143 cm³/mol. The molecule has 202 valence electrons. The van der Waals surface area contributed by atoms with Crippen LogP contribution in [0.2, 0.25) is 11.1 Å². The monoisotopic (exact) mass is 592 g/mol. The van der Waals surface area contributed by atoms with E-state index in [1.165, 1.54) is 19.4 Å². The van der Waals surface area contributed by atoms with Crippen molar-refractivity contribution in [2.24, 2.45) is 5.73 Å². The van der Waals surface area contributed by atoms with Crippen molar-refractivity contribution in [2.45, 2.75) is 49.9 Å². The Morgan fingerprint density at radius 1 is 1.17 bits per heavy atom. The van der Waals surface area contributed by atoms with Crippen molar-refractivity contribution in [1.29, 1.82) is 0 Å². The maximum absolute atomic E-state index is 10.8. The van der Waals surface area contributed by atoms with Crippen molar-refractivity contribution in [3.05, 3.63) is 30.0 Å². The summed E-state index contributed by atoms with van der Waals surface area (Å²) in [5.41, 5.74) is 7.49. The molecule has 1 heterocycles. The molecule has 1 unspecified atom stereocenters. The topological polar surface area (TPSA) is 184 Å². The van der Waals surface area contributed by atoms with Gasteiger partial charge >= 0.3 is 66.1 Å². The summed E-state index contributed by atoms with van der Waals surface area (Å²) in [4.78, 5) is 44.6. The second kappa shape index (κ2) is 18.5. The summed E-state index contributed by atoms with van der Waals surface area (Å²) < 4.78 is 5.21. The molecule has 0 radical (unpaired) electrons. The van der Waals surface area contributed by atoms with Crippen LogP contribution in [-0.4, -0.2) is 85.4 Å². The van der Waals surface area contributed by atoms with Gasteiger partial charge in [-0.3, -0.25) is 9.59 Å². The first-order chi connectivity index (χ1) is 17.0. The Bertz CT molecular complexity index is 987. The maximum atomic E-state index is 10.8. The van der Waals surface area contributed by atoms with Gasteiger partial charge in [0.1, 0.15) is 11.8 Å². The van der Waals surface area contributed by atoms with Crippen LogP contribution in [0.1, 0.15) is 25.8 Å². The van der Waals surface area contributed by atoms with E-state index < -0.39 is 24.0 Å². The number of thiol groups is 1. The molecule has 36 heavy (non-hydrogen) atoms. The number of rotatable bonds is 11. The molecule has 2 amide bonds. The van der Waals surface area contributed by atoms with Crippen LogP contribution in [0.5, 0.6) is 5.75 Å². The number of carboxylic acids is 2. The molecule has 2 aromatic rings. The third-order valence-corrected chi connectivity index (χ3v) is 6.27. The molecule has 1 aromatic heterocycles. The molecule has 0 aliphatic heterocycles. The van der Waals surface area contributed by atoms with Gasteiger partial charge in [0, 0.05) is 43.2 Å². The van der Waals surface area contributed by atoms with Gasteiger partial charge in [-0.15, -0.1) is 0 Å². The Morgan fingerprint density at radius 2 is 1.83 bits per heavy atom. The minimum atomic E-state index is -1.06. The number of carbonyl (C=O) groups excluding carboxylic acids is 2. The number of ether oxygens (including phenoxy) is 1. The van der Waals surface area contributed by atoms with Crippen molar-refractivity contribution in [2.75, 3.05) is 19.4 Å². The van der Waals surface area contributed by atoms with E-state index in [4.69, 9.17) is 20.7 Å². The number of carboxylic acid groups (broad SMARTS) is 2. The van der Waals surface area contributed by atoms with Crippen molar-refractivity contribution in [3.8, 4) is 5.75 Å². The summed E-state index contributed by atoms with van der Waals surface area (Å²) in [5, 5.41) is 23.8. The fourth-order valence-corrected chi connectivity index (χ4v) is 3.94. The number of nitrogens with two attached hydrogens (primary N) is 1. The zero-order chi connectivity index (χ0) is 27.7. The normalized spacial score (nSPS) is 11.6. The first-order valence-corrected chi connectivity index (χ1v) is 14.5. The number of aliphatic carboxylic acids is 2. The molecule has 2 rings (SSSR count). The van der Waals surface area contributed by atoms with Crippen LogP contribution >= 0.6 is 12.6 Å². The molecule has 13 heteroatoms. The fraction of sp³-hybridized carbons (Fsp3) is 0.478. The molecule has 1 aromatic carbocycles. The number of hydrogen-bond acceptors (Lipinski definition) is 7. The number of aromatic amines is 1. The molecular formula is C23H36N4O7SSe. The molecular weight excluding hydrogens is 555 g/mol. The van der Waals surface area contributed by atoms with Gasteiger partial charge in [0.05, 0.1) is 7.11 Å². The van der Waals surface area contributed by atoms with Crippen molar-refractivity contribution in [1.82, 2.24) is 15.6 Å². The Kier molecular flexibility index (Phi) is 17.1. The number of carbonyl (C=O) groups is 4. The van der Waals surface area contributed by atoms with Crippen LogP contribution in [-0.2, 0) is 25.6 Å². The van der Waals surface area contributed by atoms with Crippen molar-refractivity contribution >= 4 is 62.2 Å². The summed E-state index contributed by atoms with van der Waals surface area (Å²) in [6, 6.07) is 4.41. The fourth-order valence-electron chi connectivity index (χ4n) is 2.66. The first-order valence-electron chi connectivity index (χ1n) is 10.9. The molecule has 0 bridgehead atoms. The Labute approximate surface area is 222 Å². The van der Waals surface area contributed by atoms with Gasteiger partial charge in [0.15, 0.2) is 0 Å². The summed E-state index contributed by atoms with van der Waals surface area (Å²) in [6.07, 6.45) is 3.41. The molecule has 0 fully saturated rings. The molecule has 7 N–H and O–H groups in total. The van der Waals surface area contributed by atoms with Crippen LogP contribution in [0.15, 0.2) is 24.4 Å². The van der Waals surface area contributed by atoms with E-state index in [0.717, 1.165) is 28.4 Å². The van der Waals surface area contributed by atoms with Crippen LogP contribution in [0, 0.1) is 0 Å². The molecule has 0 saturated heterocycles. The molecule has 11 nitrogen and oxygen atoms in total. The Balaban J connectivity index is 0.000000556. The van der Waals surface area contributed by atoms with E-state index in [-0.39, 0.29) is 17.6 Å². The van der Waals surface area contributed by atoms with Crippen LogP contribution in [0.3, 0.4) is 0 Å². The summed E-state index contributed by atoms with van der Waals surface area (Å²) in [6.45, 7) is 3.44. The van der Waals surface area contributed by atoms with E-state index in [1.54, 1.807) is 7.11 Å². The van der Waals surface area contributed by atoms with Gasteiger partial charge in [-0.25, -0.2) is 4.79 Å². The summed E-state index contributed by atoms with van der Waals surface area (Å²) >= 11 is 4.28. The van der Waals surface area contributed by atoms with Crippen molar-refractivity contribution < 1.29 is 34.1 Å². The average molecular weight is 592 g/mol. The zero-order valence-electron chi connectivity index (χ0n) is 20.9. The Morgan fingerprint density at radius 3 is 2.28 bits per heavy atom. The van der Waals surface area contributed by atoms with E-state index in [9.17, 15) is 19.2 Å². The van der Waals surface area contributed by atoms with Crippen LogP contribution in [0.25, 0.3) is 10.9 Å². The summed E-state index contributed by atoms with van der Waals surface area (Å²) in [7, 11) is 1.66. The molecule has 2 atom stereocenters. The van der Waals surface area contributed by atoms with Gasteiger partial charge in [-0.05, 0) is 30.2 Å². The second-order valence-corrected chi connectivity index (χ2v) is 9.89. The van der Waals surface area contributed by atoms with Gasteiger partial charge in [-0.2, -0.15) is 12.6 Å². The Hall–Kier alpha value is -2.73. The molecule has 0 aliphatic carbocycles. The van der Waals surface area contributed by atoms with E-state index in [0.29, 0.717) is 27.9 Å². The van der Waals surface area contributed by atoms with Crippen LogP contribution in [0.4, 0.5) is 0 Å². The second-order valence-electron chi connectivity index (χ2n) is 7.46. The number of H-pyrrole nitrogens is 1. The number of benzene rings is 1. The van der Waals surface area contributed by atoms with Crippen molar-refractivity contribution in [3.63, 3.8) is 0 Å². The minimum absolute atomic E-state index is 0.00224. The number of aromatic nitrogens is 1. The average Bonchev–Trinajstić information content (AvgIpc) is 3.23. The van der Waals surface area contributed by atoms with E-state index in [1.807, 2.05) is 24.4 Å². The molecule has 0 aliphatic rings. The molecule has 0 saturated carbocycles.